The van der Waals surface area contributed by atoms with Gasteiger partial charge in [0.05, 0.1) is 5.75 Å². The van der Waals surface area contributed by atoms with E-state index in [2.05, 4.69) is 31.0 Å². The summed E-state index contributed by atoms with van der Waals surface area (Å²) in [6, 6.07) is 0. The number of thioether (sulfide) groups is 1. The first-order chi connectivity index (χ1) is 7.75. The number of hydrogen-bond acceptors (Lipinski definition) is 8. The van der Waals surface area contributed by atoms with E-state index in [4.69, 9.17) is 0 Å². The zero-order valence-corrected chi connectivity index (χ0v) is 9.83. The van der Waals surface area contributed by atoms with Crippen LogP contribution in [0, 0.1) is 0 Å². The number of rotatable bonds is 4. The SMILES string of the molecule is Cn1nnnc1SCC(=O)Nc1nncs1. The molecule has 0 aliphatic rings. The quantitative estimate of drug-likeness (QED) is 0.757. The molecule has 0 spiro atoms. The highest BCUT2D eigenvalue weighted by molar-refractivity contribution is 7.99. The van der Waals surface area contributed by atoms with Gasteiger partial charge >= 0.3 is 0 Å². The third kappa shape index (κ3) is 2.73. The highest BCUT2D eigenvalue weighted by Gasteiger charge is 2.08. The van der Waals surface area contributed by atoms with E-state index in [1.54, 1.807) is 12.6 Å². The Balaban J connectivity index is 1.82. The van der Waals surface area contributed by atoms with Crippen molar-refractivity contribution in [3.8, 4) is 0 Å². The van der Waals surface area contributed by atoms with E-state index in [0.717, 1.165) is 0 Å². The molecule has 0 aliphatic heterocycles. The summed E-state index contributed by atoms with van der Waals surface area (Å²) in [4.78, 5) is 11.4. The second-order valence-electron chi connectivity index (χ2n) is 2.67. The molecule has 0 saturated heterocycles. The average Bonchev–Trinajstić information content (AvgIpc) is 2.87. The molecule has 10 heteroatoms. The molecule has 2 heterocycles. The first-order valence-electron chi connectivity index (χ1n) is 4.17. The standard InChI is InChI=1S/C6H7N7OS2/c1-13-6(10-11-12-13)15-2-4(14)8-5-9-7-3-16-5/h3H,2H2,1H3,(H,8,9,14). The van der Waals surface area contributed by atoms with Crippen LogP contribution >= 0.6 is 23.1 Å². The maximum atomic E-state index is 11.4. The van der Waals surface area contributed by atoms with Crippen LogP contribution < -0.4 is 5.32 Å². The molecular weight excluding hydrogens is 250 g/mol. The number of amides is 1. The predicted molar refractivity (Wildman–Crippen MR) is 58.1 cm³/mol. The lowest BCUT2D eigenvalue weighted by molar-refractivity contribution is -0.113. The minimum atomic E-state index is -0.162. The van der Waals surface area contributed by atoms with Gasteiger partial charge in [-0.25, -0.2) is 4.68 Å². The summed E-state index contributed by atoms with van der Waals surface area (Å²) < 4.78 is 1.50. The number of hydrogen-bond donors (Lipinski definition) is 1. The molecule has 1 N–H and O–H groups in total. The van der Waals surface area contributed by atoms with Crippen LogP contribution in [-0.4, -0.2) is 42.1 Å². The van der Waals surface area contributed by atoms with Crippen molar-refractivity contribution in [1.82, 2.24) is 30.4 Å². The molecule has 1 amide bonds. The van der Waals surface area contributed by atoms with Gasteiger partial charge in [0.1, 0.15) is 5.51 Å². The van der Waals surface area contributed by atoms with E-state index in [0.29, 0.717) is 10.3 Å². The van der Waals surface area contributed by atoms with Crippen LogP contribution in [0.3, 0.4) is 0 Å². The van der Waals surface area contributed by atoms with E-state index in [-0.39, 0.29) is 11.7 Å². The van der Waals surface area contributed by atoms with E-state index >= 15 is 0 Å². The molecule has 0 atom stereocenters. The average molecular weight is 257 g/mol. The van der Waals surface area contributed by atoms with Gasteiger partial charge in [0, 0.05) is 7.05 Å². The number of carbonyl (C=O) groups excluding carboxylic acids is 1. The number of aryl methyl sites for hydroxylation is 1. The molecule has 2 aromatic rings. The Morgan fingerprint density at radius 2 is 2.50 bits per heavy atom. The molecule has 8 nitrogen and oxygen atoms in total. The molecule has 0 radical (unpaired) electrons. The van der Waals surface area contributed by atoms with Crippen LogP contribution in [0.25, 0.3) is 0 Å². The van der Waals surface area contributed by atoms with Crippen LogP contribution in [0.2, 0.25) is 0 Å². The molecule has 0 unspecified atom stereocenters. The molecule has 2 rings (SSSR count). The maximum Gasteiger partial charge on any atom is 0.236 e. The zero-order valence-electron chi connectivity index (χ0n) is 8.19. The summed E-state index contributed by atoms with van der Waals surface area (Å²) in [5, 5.41) is 21.9. The third-order valence-electron chi connectivity index (χ3n) is 1.52. The first kappa shape index (κ1) is 11.0. The number of tetrazole rings is 1. The number of anilines is 1. The highest BCUT2D eigenvalue weighted by atomic mass is 32.2. The van der Waals surface area contributed by atoms with Crippen LogP contribution in [0.15, 0.2) is 10.7 Å². The molecular formula is C6H7N7OS2. The second-order valence-corrected chi connectivity index (χ2v) is 4.44. The van der Waals surface area contributed by atoms with E-state index < -0.39 is 0 Å². The van der Waals surface area contributed by atoms with Gasteiger partial charge < -0.3 is 0 Å². The maximum absolute atomic E-state index is 11.4. The fraction of sp³-hybridized carbons (Fsp3) is 0.333. The topological polar surface area (TPSA) is 98.5 Å². The summed E-state index contributed by atoms with van der Waals surface area (Å²) in [5.74, 6) is 0.0677. The van der Waals surface area contributed by atoms with E-state index in [1.807, 2.05) is 0 Å². The van der Waals surface area contributed by atoms with E-state index in [9.17, 15) is 4.79 Å². The molecule has 0 bridgehead atoms. The van der Waals surface area contributed by atoms with Crippen LogP contribution in [-0.2, 0) is 11.8 Å². The van der Waals surface area contributed by atoms with Gasteiger partial charge in [0.2, 0.25) is 16.2 Å². The van der Waals surface area contributed by atoms with Gasteiger partial charge in [-0.2, -0.15) is 0 Å². The van der Waals surface area contributed by atoms with Crippen molar-refractivity contribution in [2.45, 2.75) is 5.16 Å². The summed E-state index contributed by atoms with van der Waals surface area (Å²) in [7, 11) is 1.71. The van der Waals surface area contributed by atoms with Gasteiger partial charge in [-0.1, -0.05) is 23.1 Å². The normalized spacial score (nSPS) is 10.3. The summed E-state index contributed by atoms with van der Waals surface area (Å²) in [6.45, 7) is 0. The Bertz CT molecular complexity index is 467. The summed E-state index contributed by atoms with van der Waals surface area (Å²) >= 11 is 2.52. The van der Waals surface area contributed by atoms with Crippen LogP contribution in [0.5, 0.6) is 0 Å². The molecule has 84 valence electrons. The lowest BCUT2D eigenvalue weighted by Crippen LogP contribution is -2.14. The van der Waals surface area contributed by atoms with Gasteiger partial charge in [0.25, 0.3) is 0 Å². The summed E-state index contributed by atoms with van der Waals surface area (Å²) in [6.07, 6.45) is 0. The smallest absolute Gasteiger partial charge is 0.236 e. The van der Waals surface area contributed by atoms with Crippen molar-refractivity contribution in [3.63, 3.8) is 0 Å². The van der Waals surface area contributed by atoms with Crippen molar-refractivity contribution >= 4 is 34.1 Å². The minimum Gasteiger partial charge on any atom is -0.300 e. The molecule has 0 aliphatic carbocycles. The number of nitrogens with one attached hydrogen (secondary N) is 1. The Morgan fingerprint density at radius 1 is 1.62 bits per heavy atom. The predicted octanol–water partition coefficient (Wildman–Crippen LogP) is -0.208. The molecule has 2 aromatic heterocycles. The highest BCUT2D eigenvalue weighted by Crippen LogP contribution is 2.13. The fourth-order valence-electron chi connectivity index (χ4n) is 0.857. The summed E-state index contributed by atoms with van der Waals surface area (Å²) in [5.41, 5.74) is 1.55. The van der Waals surface area contributed by atoms with Gasteiger partial charge in [-0.15, -0.1) is 15.3 Å². The fourth-order valence-corrected chi connectivity index (χ4v) is 1.97. The second kappa shape index (κ2) is 4.99. The van der Waals surface area contributed by atoms with Crippen LogP contribution in [0.1, 0.15) is 0 Å². The Hall–Kier alpha value is -1.55. The van der Waals surface area contributed by atoms with Crippen LogP contribution in [0.4, 0.5) is 5.13 Å². The molecule has 0 aromatic carbocycles. The largest absolute Gasteiger partial charge is 0.300 e. The zero-order chi connectivity index (χ0) is 11.4. The molecule has 0 saturated carbocycles. The van der Waals surface area contributed by atoms with Crippen molar-refractivity contribution in [1.29, 1.82) is 0 Å². The lowest BCUT2D eigenvalue weighted by Gasteiger charge is -1.99. The molecule has 16 heavy (non-hydrogen) atoms. The van der Waals surface area contributed by atoms with Crippen molar-refractivity contribution in [2.75, 3.05) is 11.1 Å². The third-order valence-corrected chi connectivity index (χ3v) is 3.14. The van der Waals surface area contributed by atoms with Gasteiger partial charge in [-0.05, 0) is 10.4 Å². The lowest BCUT2D eigenvalue weighted by atomic mass is 10.7. The van der Waals surface area contributed by atoms with Crippen molar-refractivity contribution in [2.24, 2.45) is 7.05 Å². The Kier molecular flexibility index (Phi) is 3.41. The Morgan fingerprint density at radius 3 is 3.12 bits per heavy atom. The monoisotopic (exact) mass is 257 g/mol. The number of carbonyl (C=O) groups is 1. The minimum absolute atomic E-state index is 0.162. The van der Waals surface area contributed by atoms with Crippen molar-refractivity contribution in [3.05, 3.63) is 5.51 Å². The van der Waals surface area contributed by atoms with E-state index in [1.165, 1.54) is 27.8 Å². The van der Waals surface area contributed by atoms with Gasteiger partial charge in [0.15, 0.2) is 0 Å². The number of aromatic nitrogens is 6. The van der Waals surface area contributed by atoms with Crippen molar-refractivity contribution < 1.29 is 4.79 Å². The number of nitrogens with zero attached hydrogens (tertiary/aromatic N) is 6. The molecule has 0 fully saturated rings. The Labute approximate surface area is 98.4 Å². The first-order valence-corrected chi connectivity index (χ1v) is 6.03. The van der Waals surface area contributed by atoms with Gasteiger partial charge in [-0.3, -0.25) is 10.1 Å².